The Morgan fingerprint density at radius 1 is 1.21 bits per heavy atom. The molecular weight excluding hydrogens is 236 g/mol. The molecule has 1 atom stereocenters. The first-order valence-electron chi connectivity index (χ1n) is 7.08. The average molecular weight is 262 g/mol. The summed E-state index contributed by atoms with van der Waals surface area (Å²) in [6.45, 7) is 7.62. The lowest BCUT2D eigenvalue weighted by atomic mass is 10.0. The quantitative estimate of drug-likeness (QED) is 0.793. The van der Waals surface area contributed by atoms with Crippen LogP contribution in [0.25, 0.3) is 0 Å². The third-order valence-electron chi connectivity index (χ3n) is 3.32. The first-order chi connectivity index (χ1) is 9.02. The summed E-state index contributed by atoms with van der Waals surface area (Å²) in [4.78, 5) is 11.6. The molecule has 3 nitrogen and oxygen atoms in total. The maximum Gasteiger partial charge on any atom is 0.220 e. The van der Waals surface area contributed by atoms with E-state index in [1.165, 1.54) is 11.1 Å². The molecule has 0 heterocycles. The van der Waals surface area contributed by atoms with Crippen LogP contribution in [0.2, 0.25) is 0 Å². The van der Waals surface area contributed by atoms with E-state index < -0.39 is 0 Å². The Morgan fingerprint density at radius 3 is 2.37 bits per heavy atom. The topological polar surface area (TPSA) is 55.1 Å². The third kappa shape index (κ3) is 5.88. The fraction of sp³-hybridized carbons (Fsp3) is 0.562. The molecule has 0 saturated carbocycles. The minimum absolute atomic E-state index is 0.0942. The molecule has 19 heavy (non-hydrogen) atoms. The van der Waals surface area contributed by atoms with Crippen LogP contribution in [0.1, 0.15) is 44.2 Å². The average Bonchev–Trinajstić information content (AvgIpc) is 2.39. The Hall–Kier alpha value is -1.35. The van der Waals surface area contributed by atoms with Crippen LogP contribution in [0, 0.1) is 5.92 Å². The zero-order chi connectivity index (χ0) is 14.3. The van der Waals surface area contributed by atoms with E-state index >= 15 is 0 Å². The highest BCUT2D eigenvalue weighted by Gasteiger charge is 2.06. The van der Waals surface area contributed by atoms with Crippen molar-refractivity contribution in [1.82, 2.24) is 5.32 Å². The zero-order valence-corrected chi connectivity index (χ0v) is 12.3. The molecule has 0 aromatic heterocycles. The van der Waals surface area contributed by atoms with E-state index in [2.05, 4.69) is 43.4 Å². The number of benzene rings is 1. The van der Waals surface area contributed by atoms with E-state index in [-0.39, 0.29) is 11.8 Å². The van der Waals surface area contributed by atoms with E-state index in [1.54, 1.807) is 0 Å². The van der Waals surface area contributed by atoms with Crippen LogP contribution in [-0.4, -0.2) is 19.0 Å². The second kappa shape index (κ2) is 7.95. The molecule has 0 radical (unpaired) electrons. The van der Waals surface area contributed by atoms with Gasteiger partial charge in [-0.05, 0) is 35.9 Å². The molecule has 0 aliphatic rings. The predicted octanol–water partition coefficient (Wildman–Crippen LogP) is 2.45. The van der Waals surface area contributed by atoms with Gasteiger partial charge in [-0.2, -0.15) is 0 Å². The Balaban J connectivity index is 2.31. The SMILES string of the molecule is CC(CN)CC(=O)NCCc1ccc(C(C)C)cc1. The van der Waals surface area contributed by atoms with Gasteiger partial charge < -0.3 is 11.1 Å². The Morgan fingerprint density at radius 2 is 1.84 bits per heavy atom. The molecule has 0 saturated heterocycles. The molecule has 0 spiro atoms. The predicted molar refractivity (Wildman–Crippen MR) is 80.1 cm³/mol. The molecule has 0 bridgehead atoms. The molecular formula is C16H26N2O. The Bertz CT molecular complexity index is 384. The second-order valence-electron chi connectivity index (χ2n) is 5.54. The smallest absolute Gasteiger partial charge is 0.220 e. The van der Waals surface area contributed by atoms with E-state index in [1.807, 2.05) is 6.92 Å². The molecule has 0 aliphatic heterocycles. The monoisotopic (exact) mass is 262 g/mol. The summed E-state index contributed by atoms with van der Waals surface area (Å²) in [6.07, 6.45) is 1.39. The van der Waals surface area contributed by atoms with Crippen LogP contribution in [0.4, 0.5) is 0 Å². The lowest BCUT2D eigenvalue weighted by Gasteiger charge is -2.10. The van der Waals surface area contributed by atoms with Crippen LogP contribution >= 0.6 is 0 Å². The number of nitrogens with one attached hydrogen (secondary N) is 1. The van der Waals surface area contributed by atoms with Gasteiger partial charge in [0.1, 0.15) is 0 Å². The number of carbonyl (C=O) groups is 1. The summed E-state index contributed by atoms with van der Waals surface area (Å²) in [7, 11) is 0. The van der Waals surface area contributed by atoms with Gasteiger partial charge in [-0.3, -0.25) is 4.79 Å². The van der Waals surface area contributed by atoms with E-state index in [0.29, 0.717) is 25.4 Å². The highest BCUT2D eigenvalue weighted by molar-refractivity contribution is 5.76. The lowest BCUT2D eigenvalue weighted by Crippen LogP contribution is -2.28. The maximum absolute atomic E-state index is 11.6. The lowest BCUT2D eigenvalue weighted by molar-refractivity contribution is -0.121. The molecule has 3 heteroatoms. The van der Waals surface area contributed by atoms with Crippen molar-refractivity contribution in [2.45, 2.75) is 39.5 Å². The minimum atomic E-state index is 0.0942. The van der Waals surface area contributed by atoms with Crippen molar-refractivity contribution in [2.24, 2.45) is 11.7 Å². The largest absolute Gasteiger partial charge is 0.356 e. The van der Waals surface area contributed by atoms with Gasteiger partial charge in [0.2, 0.25) is 5.91 Å². The van der Waals surface area contributed by atoms with Gasteiger partial charge in [-0.1, -0.05) is 45.0 Å². The van der Waals surface area contributed by atoms with Crippen molar-refractivity contribution in [3.8, 4) is 0 Å². The first-order valence-corrected chi connectivity index (χ1v) is 7.08. The third-order valence-corrected chi connectivity index (χ3v) is 3.32. The standard InChI is InChI=1S/C16H26N2O/c1-12(2)15-6-4-14(5-7-15)8-9-18-16(19)10-13(3)11-17/h4-7,12-13H,8-11,17H2,1-3H3,(H,18,19). The molecule has 3 N–H and O–H groups in total. The van der Waals surface area contributed by atoms with E-state index in [4.69, 9.17) is 5.73 Å². The van der Waals surface area contributed by atoms with Crippen molar-refractivity contribution in [3.05, 3.63) is 35.4 Å². The number of hydrogen-bond donors (Lipinski definition) is 2. The van der Waals surface area contributed by atoms with Crippen LogP contribution in [0.5, 0.6) is 0 Å². The van der Waals surface area contributed by atoms with Crippen LogP contribution in [0.15, 0.2) is 24.3 Å². The molecule has 0 aliphatic carbocycles. The zero-order valence-electron chi connectivity index (χ0n) is 12.3. The number of rotatable bonds is 7. The summed E-state index contributed by atoms with van der Waals surface area (Å²) in [5, 5.41) is 2.94. The van der Waals surface area contributed by atoms with Crippen molar-refractivity contribution in [3.63, 3.8) is 0 Å². The molecule has 106 valence electrons. The molecule has 1 aromatic carbocycles. The van der Waals surface area contributed by atoms with Gasteiger partial charge in [0.15, 0.2) is 0 Å². The fourth-order valence-corrected chi connectivity index (χ4v) is 1.89. The minimum Gasteiger partial charge on any atom is -0.356 e. The van der Waals surface area contributed by atoms with Crippen LogP contribution < -0.4 is 11.1 Å². The molecule has 1 rings (SSSR count). The van der Waals surface area contributed by atoms with Crippen molar-refractivity contribution >= 4 is 5.91 Å². The highest BCUT2D eigenvalue weighted by atomic mass is 16.1. The van der Waals surface area contributed by atoms with Crippen molar-refractivity contribution < 1.29 is 4.79 Å². The fourth-order valence-electron chi connectivity index (χ4n) is 1.89. The summed E-state index contributed by atoms with van der Waals surface area (Å²) in [5.74, 6) is 0.911. The number of carbonyl (C=O) groups excluding carboxylic acids is 1. The molecule has 1 unspecified atom stereocenters. The Kier molecular flexibility index (Phi) is 6.57. The van der Waals surface area contributed by atoms with Gasteiger partial charge in [0.25, 0.3) is 0 Å². The normalized spacial score (nSPS) is 12.5. The van der Waals surface area contributed by atoms with Crippen molar-refractivity contribution in [2.75, 3.05) is 13.1 Å². The van der Waals surface area contributed by atoms with Gasteiger partial charge in [0, 0.05) is 13.0 Å². The Labute approximate surface area is 116 Å². The van der Waals surface area contributed by atoms with Crippen LogP contribution in [0.3, 0.4) is 0 Å². The molecule has 1 amide bonds. The highest BCUT2D eigenvalue weighted by Crippen LogP contribution is 2.14. The van der Waals surface area contributed by atoms with Gasteiger partial charge in [0.05, 0.1) is 0 Å². The maximum atomic E-state index is 11.6. The number of hydrogen-bond acceptors (Lipinski definition) is 2. The van der Waals surface area contributed by atoms with E-state index in [0.717, 1.165) is 6.42 Å². The van der Waals surface area contributed by atoms with E-state index in [9.17, 15) is 4.79 Å². The van der Waals surface area contributed by atoms with Gasteiger partial charge in [-0.15, -0.1) is 0 Å². The van der Waals surface area contributed by atoms with Gasteiger partial charge >= 0.3 is 0 Å². The number of nitrogens with two attached hydrogens (primary N) is 1. The summed E-state index contributed by atoms with van der Waals surface area (Å²) in [6, 6.07) is 8.62. The van der Waals surface area contributed by atoms with Gasteiger partial charge in [-0.25, -0.2) is 0 Å². The summed E-state index contributed by atoms with van der Waals surface area (Å²) in [5.41, 5.74) is 8.11. The second-order valence-corrected chi connectivity index (χ2v) is 5.54. The summed E-state index contributed by atoms with van der Waals surface area (Å²) >= 11 is 0. The van der Waals surface area contributed by atoms with Crippen LogP contribution in [-0.2, 0) is 11.2 Å². The number of amides is 1. The van der Waals surface area contributed by atoms with Crippen molar-refractivity contribution in [1.29, 1.82) is 0 Å². The molecule has 0 fully saturated rings. The summed E-state index contributed by atoms with van der Waals surface area (Å²) < 4.78 is 0. The first kappa shape index (κ1) is 15.7. The molecule has 1 aromatic rings.